The number of aliphatic hydroxyl groups is 2. The van der Waals surface area contributed by atoms with Crippen LogP contribution in [-0.2, 0) is 14.3 Å². The quantitative estimate of drug-likeness (QED) is 0.439. The lowest BCUT2D eigenvalue weighted by atomic mass is 10.1. The first-order chi connectivity index (χ1) is 12.0. The lowest BCUT2D eigenvalue weighted by Gasteiger charge is -2.16. The summed E-state index contributed by atoms with van der Waals surface area (Å²) in [4.78, 5) is 24.2. The summed E-state index contributed by atoms with van der Waals surface area (Å²) in [5, 5.41) is 23.0. The Hall–Kier alpha value is -2.34. The van der Waals surface area contributed by atoms with Crippen LogP contribution in [0.1, 0.15) is 13.2 Å². The zero-order valence-corrected chi connectivity index (χ0v) is 13.6. The lowest BCUT2D eigenvalue weighted by molar-refractivity contribution is -0.137. The van der Waals surface area contributed by atoms with Crippen molar-refractivity contribution >= 4 is 22.9 Å². The molecule has 1 aliphatic rings. The van der Waals surface area contributed by atoms with E-state index >= 15 is 0 Å². The van der Waals surface area contributed by atoms with Gasteiger partial charge in [0.15, 0.2) is 23.8 Å². The van der Waals surface area contributed by atoms with Gasteiger partial charge in [0.1, 0.15) is 24.1 Å². The topological polar surface area (TPSA) is 158 Å². The van der Waals surface area contributed by atoms with Gasteiger partial charge in [-0.25, -0.2) is 15.0 Å². The van der Waals surface area contributed by atoms with E-state index in [2.05, 4.69) is 20.3 Å². The fourth-order valence-corrected chi connectivity index (χ4v) is 2.65. The summed E-state index contributed by atoms with van der Waals surface area (Å²) in [7, 11) is 0. The van der Waals surface area contributed by atoms with Gasteiger partial charge in [0.2, 0.25) is 0 Å². The van der Waals surface area contributed by atoms with Crippen LogP contribution < -0.4 is 11.1 Å². The van der Waals surface area contributed by atoms with Gasteiger partial charge in [-0.05, 0) is 6.92 Å². The monoisotopic (exact) mass is 352 g/mol. The number of carbonyl (C=O) groups is 1. The van der Waals surface area contributed by atoms with Gasteiger partial charge in [0.25, 0.3) is 5.91 Å². The number of fused-ring (bicyclic) bond motifs is 1. The minimum Gasteiger partial charge on any atom is -0.387 e. The van der Waals surface area contributed by atoms with Crippen LogP contribution in [0.5, 0.6) is 0 Å². The number of anilines is 1. The Kier molecular flexibility index (Phi) is 5.08. The maximum absolute atomic E-state index is 12.2. The standard InChI is InChI=1S/C14H20N6O5/c1-2-24-4-3-16-13(23)10-8(21)9(22)14(25-10)20-6-19-7-11(15)17-5-18-12(7)20/h5-6,8-10,14,21-22H,2-4H2,1H3,(H,16,23)(H2,15,17,18)/t8-,9+,10-,14+/m0/s1. The largest absolute Gasteiger partial charge is 0.387 e. The molecule has 0 spiro atoms. The summed E-state index contributed by atoms with van der Waals surface area (Å²) >= 11 is 0. The highest BCUT2D eigenvalue weighted by Gasteiger charge is 2.47. The van der Waals surface area contributed by atoms with Crippen molar-refractivity contribution in [3.8, 4) is 0 Å². The fourth-order valence-electron chi connectivity index (χ4n) is 2.65. The van der Waals surface area contributed by atoms with E-state index in [1.807, 2.05) is 6.92 Å². The smallest absolute Gasteiger partial charge is 0.252 e. The molecular weight excluding hydrogens is 332 g/mol. The van der Waals surface area contributed by atoms with E-state index in [1.165, 1.54) is 17.2 Å². The van der Waals surface area contributed by atoms with Crippen LogP contribution >= 0.6 is 0 Å². The van der Waals surface area contributed by atoms with Crippen molar-refractivity contribution in [1.82, 2.24) is 24.8 Å². The van der Waals surface area contributed by atoms with Crippen LogP contribution in [0.15, 0.2) is 12.7 Å². The minimum absolute atomic E-state index is 0.182. The summed E-state index contributed by atoms with van der Waals surface area (Å²) in [6, 6.07) is 0. The van der Waals surface area contributed by atoms with Crippen molar-refractivity contribution in [2.45, 2.75) is 31.5 Å². The van der Waals surface area contributed by atoms with Gasteiger partial charge in [-0.15, -0.1) is 0 Å². The lowest BCUT2D eigenvalue weighted by Crippen LogP contribution is -2.43. The molecule has 2 aromatic heterocycles. The number of nitrogen functional groups attached to an aromatic ring is 1. The van der Waals surface area contributed by atoms with Crippen molar-refractivity contribution in [2.75, 3.05) is 25.5 Å². The zero-order valence-electron chi connectivity index (χ0n) is 13.6. The number of nitrogens with one attached hydrogen (secondary N) is 1. The molecule has 3 rings (SSSR count). The number of carbonyl (C=O) groups excluding carboxylic acids is 1. The normalized spacial score (nSPS) is 26.2. The van der Waals surface area contributed by atoms with Crippen LogP contribution in [0, 0.1) is 0 Å². The molecular formula is C14H20N6O5. The molecule has 0 saturated carbocycles. The average molecular weight is 352 g/mol. The summed E-state index contributed by atoms with van der Waals surface area (Å²) in [6.45, 7) is 3.01. The number of aromatic nitrogens is 4. The van der Waals surface area contributed by atoms with Crippen LogP contribution in [-0.4, -0.2) is 73.7 Å². The number of hydrogen-bond acceptors (Lipinski definition) is 9. The number of amides is 1. The Balaban J connectivity index is 1.75. The van der Waals surface area contributed by atoms with E-state index in [0.29, 0.717) is 24.4 Å². The number of rotatable bonds is 6. The molecule has 11 heteroatoms. The number of ether oxygens (including phenoxy) is 2. The fraction of sp³-hybridized carbons (Fsp3) is 0.571. The van der Waals surface area contributed by atoms with Gasteiger partial charge in [-0.1, -0.05) is 0 Å². The van der Waals surface area contributed by atoms with Gasteiger partial charge < -0.3 is 30.7 Å². The third-order valence-corrected chi connectivity index (χ3v) is 3.91. The van der Waals surface area contributed by atoms with E-state index < -0.39 is 30.4 Å². The van der Waals surface area contributed by atoms with E-state index in [9.17, 15) is 15.0 Å². The second-order valence-corrected chi connectivity index (χ2v) is 5.50. The summed E-state index contributed by atoms with van der Waals surface area (Å²) in [5.41, 5.74) is 6.41. The van der Waals surface area contributed by atoms with Gasteiger partial charge in [0.05, 0.1) is 12.9 Å². The molecule has 1 aliphatic heterocycles. The second-order valence-electron chi connectivity index (χ2n) is 5.50. The highest BCUT2D eigenvalue weighted by Crippen LogP contribution is 2.31. The molecule has 11 nitrogen and oxygen atoms in total. The molecule has 3 heterocycles. The molecule has 25 heavy (non-hydrogen) atoms. The number of imidazole rings is 1. The third kappa shape index (κ3) is 3.26. The first-order valence-corrected chi connectivity index (χ1v) is 7.84. The number of aliphatic hydroxyl groups excluding tert-OH is 2. The second kappa shape index (κ2) is 7.27. The minimum atomic E-state index is -1.39. The predicted octanol–water partition coefficient (Wildman–Crippen LogP) is -1.82. The Bertz CT molecular complexity index is 752. The first-order valence-electron chi connectivity index (χ1n) is 7.84. The van der Waals surface area contributed by atoms with Crippen molar-refractivity contribution in [1.29, 1.82) is 0 Å². The molecule has 0 bridgehead atoms. The van der Waals surface area contributed by atoms with Crippen LogP contribution in [0.2, 0.25) is 0 Å². The van der Waals surface area contributed by atoms with Gasteiger partial charge >= 0.3 is 0 Å². The predicted molar refractivity (Wildman–Crippen MR) is 85.2 cm³/mol. The molecule has 1 amide bonds. The Labute approximate surface area is 142 Å². The molecule has 0 radical (unpaired) electrons. The van der Waals surface area contributed by atoms with E-state index in [4.69, 9.17) is 15.2 Å². The molecule has 4 atom stereocenters. The molecule has 0 aliphatic carbocycles. The average Bonchev–Trinajstić information content (AvgIpc) is 3.15. The van der Waals surface area contributed by atoms with Crippen LogP contribution in [0.4, 0.5) is 5.82 Å². The molecule has 5 N–H and O–H groups in total. The molecule has 136 valence electrons. The molecule has 2 aromatic rings. The molecule has 1 saturated heterocycles. The maximum Gasteiger partial charge on any atom is 0.252 e. The molecule has 0 unspecified atom stereocenters. The SMILES string of the molecule is CCOCCNC(=O)[C@H]1O[C@@H](n2cnc3c(N)ncnc32)[C@H](O)[C@@H]1O. The highest BCUT2D eigenvalue weighted by molar-refractivity contribution is 5.82. The molecule has 0 aromatic carbocycles. The third-order valence-electron chi connectivity index (χ3n) is 3.91. The van der Waals surface area contributed by atoms with Gasteiger partial charge in [0, 0.05) is 13.2 Å². The van der Waals surface area contributed by atoms with Gasteiger partial charge in [-0.2, -0.15) is 0 Å². The van der Waals surface area contributed by atoms with Gasteiger partial charge in [-0.3, -0.25) is 9.36 Å². The Morgan fingerprint density at radius 3 is 2.96 bits per heavy atom. The summed E-state index contributed by atoms with van der Waals surface area (Å²) in [6.07, 6.45) is -2.36. The van der Waals surface area contributed by atoms with E-state index in [-0.39, 0.29) is 12.4 Å². The Morgan fingerprint density at radius 2 is 2.20 bits per heavy atom. The zero-order chi connectivity index (χ0) is 18.0. The van der Waals surface area contributed by atoms with Crippen molar-refractivity contribution < 1.29 is 24.5 Å². The Morgan fingerprint density at radius 1 is 1.40 bits per heavy atom. The number of hydrogen-bond donors (Lipinski definition) is 4. The summed E-state index contributed by atoms with van der Waals surface area (Å²) in [5.74, 6) is -0.352. The van der Waals surface area contributed by atoms with Crippen LogP contribution in [0.3, 0.4) is 0 Å². The first kappa shape index (κ1) is 17.5. The van der Waals surface area contributed by atoms with Crippen molar-refractivity contribution in [2.24, 2.45) is 0 Å². The van der Waals surface area contributed by atoms with E-state index in [0.717, 1.165) is 0 Å². The van der Waals surface area contributed by atoms with Crippen molar-refractivity contribution in [3.63, 3.8) is 0 Å². The van der Waals surface area contributed by atoms with Crippen LogP contribution in [0.25, 0.3) is 11.2 Å². The summed E-state index contributed by atoms with van der Waals surface area (Å²) < 4.78 is 12.1. The molecule has 1 fully saturated rings. The highest BCUT2D eigenvalue weighted by atomic mass is 16.6. The number of nitrogens with zero attached hydrogens (tertiary/aromatic N) is 4. The number of nitrogens with two attached hydrogens (primary N) is 1. The van der Waals surface area contributed by atoms with Crippen molar-refractivity contribution in [3.05, 3.63) is 12.7 Å². The maximum atomic E-state index is 12.2. The van der Waals surface area contributed by atoms with E-state index in [1.54, 1.807) is 0 Å².